The lowest BCUT2D eigenvalue weighted by atomic mass is 9.85. The van der Waals surface area contributed by atoms with Gasteiger partial charge in [0.05, 0.1) is 40.1 Å². The third-order valence-corrected chi connectivity index (χ3v) is 14.7. The molecule has 0 bridgehead atoms. The summed E-state index contributed by atoms with van der Waals surface area (Å²) in [5.74, 6) is 0.0102. The van der Waals surface area contributed by atoms with E-state index in [0.29, 0.717) is 43.9 Å². The third kappa shape index (κ3) is 11.4. The molecule has 3 N–H and O–H groups in total. The molecule has 0 aliphatic carbocycles. The molecule has 4 atom stereocenters. The van der Waals surface area contributed by atoms with Crippen LogP contribution in [0.5, 0.6) is 0 Å². The largest absolute Gasteiger partial charge is 0.391 e. The topological polar surface area (TPSA) is 191 Å². The molecule has 3 aliphatic heterocycles. The van der Waals surface area contributed by atoms with Gasteiger partial charge >= 0.3 is 0 Å². The minimum atomic E-state index is -0.952. The molecule has 0 radical (unpaired) electrons. The van der Waals surface area contributed by atoms with E-state index in [1.54, 1.807) is 34.6 Å². The van der Waals surface area contributed by atoms with Crippen LogP contribution >= 0.6 is 11.3 Å². The maximum atomic E-state index is 14.1. The van der Waals surface area contributed by atoms with Crippen molar-refractivity contribution in [2.75, 3.05) is 62.3 Å². The number of anilines is 2. The van der Waals surface area contributed by atoms with Crippen molar-refractivity contribution < 1.29 is 33.4 Å². The SMILES string of the molecule is Cc1ncsc1-c1ccc(CNC(=O)[C@@H]2C[C@@H](O)CN2C(=O)[C@@H](NC(=O)CCCOCC(=O)N2CCN(c3cccc(-c4cnc5ccc(N6CCC[C@@H]6c6cccc(F)c6)nn45)n3)CC2)C(C)(C)C)cc1. The van der Waals surface area contributed by atoms with Gasteiger partial charge in [0, 0.05) is 65.3 Å². The number of hydrogen-bond donors (Lipinski definition) is 3. The molecule has 72 heavy (non-hydrogen) atoms. The summed E-state index contributed by atoms with van der Waals surface area (Å²) in [5, 5.41) is 21.4. The van der Waals surface area contributed by atoms with Crippen molar-refractivity contribution in [2.24, 2.45) is 5.41 Å². The molecular formula is C53H62FN11O6S. The molecule has 6 aromatic rings. The number of hydrogen-bond acceptors (Lipinski definition) is 13. The van der Waals surface area contributed by atoms with Crippen molar-refractivity contribution in [2.45, 2.75) is 90.6 Å². The van der Waals surface area contributed by atoms with Crippen molar-refractivity contribution in [3.05, 3.63) is 113 Å². The standard InChI is InChI=1S/C53H62FN11O6S/c1-34-49(72-33-57-34)36-17-15-35(16-18-36)29-56-51(69)42-28-39(66)31-64(42)52(70)50(53(2,3)4)59-47(67)14-8-26-71-32-48(68)62-24-22-61(23-25-62)45-13-6-11-40(58-45)43-30-55-44-19-20-46(60-65(43)44)63-21-7-12-41(63)37-9-5-10-38(54)27-37/h5-6,9-11,13,15-20,27,30,33,39,41-42,50,66H,7-8,12,14,21-26,28-29,31-32H2,1-4H3,(H,56,69)(H,59,67)/t39-,41-,42+,50-/m1/s1. The zero-order valence-electron chi connectivity index (χ0n) is 41.2. The molecule has 3 aliphatic rings. The summed E-state index contributed by atoms with van der Waals surface area (Å²) in [6.07, 6.45) is 3.26. The number of fused-ring (bicyclic) bond motifs is 1. The zero-order valence-corrected chi connectivity index (χ0v) is 42.0. The highest BCUT2D eigenvalue weighted by atomic mass is 32.1. The van der Waals surface area contributed by atoms with Crippen LogP contribution in [0.25, 0.3) is 27.5 Å². The molecule has 4 aromatic heterocycles. The zero-order chi connectivity index (χ0) is 50.5. The Kier molecular flexibility index (Phi) is 15.2. The number of aliphatic hydroxyl groups is 1. The number of rotatable bonds is 16. The number of piperazine rings is 1. The number of carbonyl (C=O) groups is 4. The van der Waals surface area contributed by atoms with E-state index >= 15 is 0 Å². The third-order valence-electron chi connectivity index (χ3n) is 13.7. The van der Waals surface area contributed by atoms with Crippen molar-refractivity contribution >= 4 is 52.2 Å². The fraction of sp³-hybridized carbons (Fsp3) is 0.434. The number of aromatic nitrogens is 5. The Balaban J connectivity index is 0.717. The molecule has 17 nitrogen and oxygen atoms in total. The Labute approximate surface area is 422 Å². The number of aryl methyl sites for hydroxylation is 1. The van der Waals surface area contributed by atoms with Gasteiger partial charge in [-0.3, -0.25) is 19.2 Å². The molecule has 9 rings (SSSR count). The summed E-state index contributed by atoms with van der Waals surface area (Å²) >= 11 is 1.57. The van der Waals surface area contributed by atoms with Crippen LogP contribution < -0.4 is 20.4 Å². The van der Waals surface area contributed by atoms with Gasteiger partial charge in [0.1, 0.15) is 41.8 Å². The maximum absolute atomic E-state index is 14.1. The lowest BCUT2D eigenvalue weighted by Gasteiger charge is -2.35. The molecule has 3 saturated heterocycles. The van der Waals surface area contributed by atoms with Gasteiger partial charge in [0.25, 0.3) is 0 Å². The number of thiazole rings is 1. The first-order valence-electron chi connectivity index (χ1n) is 24.7. The normalized spacial score (nSPS) is 18.7. The van der Waals surface area contributed by atoms with Gasteiger partial charge in [-0.05, 0) is 84.7 Å². The number of carbonyl (C=O) groups excluding carboxylic acids is 4. The maximum Gasteiger partial charge on any atom is 0.248 e. The van der Waals surface area contributed by atoms with Crippen LogP contribution in [0.4, 0.5) is 16.0 Å². The van der Waals surface area contributed by atoms with E-state index in [0.717, 1.165) is 64.0 Å². The lowest BCUT2D eigenvalue weighted by Crippen LogP contribution is -2.57. The quantitative estimate of drug-likeness (QED) is 0.0967. The van der Waals surface area contributed by atoms with E-state index in [4.69, 9.17) is 14.8 Å². The molecule has 2 aromatic carbocycles. The summed E-state index contributed by atoms with van der Waals surface area (Å²) in [7, 11) is 0. The van der Waals surface area contributed by atoms with Crippen LogP contribution in [-0.4, -0.2) is 134 Å². The van der Waals surface area contributed by atoms with E-state index in [2.05, 4.69) is 30.4 Å². The number of amides is 4. The van der Waals surface area contributed by atoms with Crippen LogP contribution in [0, 0.1) is 18.2 Å². The van der Waals surface area contributed by atoms with Crippen molar-refractivity contribution in [1.82, 2.24) is 45.0 Å². The van der Waals surface area contributed by atoms with Crippen LogP contribution in [0.2, 0.25) is 0 Å². The second kappa shape index (κ2) is 21.9. The fourth-order valence-corrected chi connectivity index (χ4v) is 10.6. The highest BCUT2D eigenvalue weighted by Gasteiger charge is 2.44. The predicted molar refractivity (Wildman–Crippen MR) is 272 cm³/mol. The summed E-state index contributed by atoms with van der Waals surface area (Å²) in [6.45, 7) is 10.7. The number of benzene rings is 2. The Hall–Kier alpha value is -6.83. The highest BCUT2D eigenvalue weighted by molar-refractivity contribution is 7.13. The fourth-order valence-electron chi connectivity index (χ4n) is 9.82. The average molecular weight is 1000 g/mol. The molecule has 3 fully saturated rings. The Morgan fingerprint density at radius 2 is 1.74 bits per heavy atom. The van der Waals surface area contributed by atoms with E-state index < -0.39 is 29.5 Å². The number of β-amino-alcohol motifs (C(OH)–C–C–N with tert-alkyl or cyclic N) is 1. The van der Waals surface area contributed by atoms with E-state index in [9.17, 15) is 28.7 Å². The van der Waals surface area contributed by atoms with E-state index in [1.165, 1.54) is 11.0 Å². The highest BCUT2D eigenvalue weighted by Crippen LogP contribution is 2.36. The van der Waals surface area contributed by atoms with E-state index in [1.807, 2.05) is 98.4 Å². The van der Waals surface area contributed by atoms with Crippen LogP contribution in [0.3, 0.4) is 0 Å². The average Bonchev–Trinajstić information content (AvgIpc) is 4.21. The van der Waals surface area contributed by atoms with Gasteiger partial charge in [-0.15, -0.1) is 16.4 Å². The van der Waals surface area contributed by atoms with Gasteiger partial charge in [-0.1, -0.05) is 63.2 Å². The van der Waals surface area contributed by atoms with Crippen LogP contribution in [0.15, 0.2) is 90.6 Å². The smallest absolute Gasteiger partial charge is 0.248 e. The number of ether oxygens (including phenoxy) is 1. The van der Waals surface area contributed by atoms with Crippen LogP contribution in [-0.2, 0) is 30.5 Å². The minimum Gasteiger partial charge on any atom is -0.391 e. The Morgan fingerprint density at radius 1 is 0.944 bits per heavy atom. The summed E-state index contributed by atoms with van der Waals surface area (Å²) in [5.41, 5.74) is 7.09. The van der Waals surface area contributed by atoms with Gasteiger partial charge in [0.2, 0.25) is 23.6 Å². The number of halogens is 1. The Morgan fingerprint density at radius 3 is 2.49 bits per heavy atom. The van der Waals surface area contributed by atoms with Crippen LogP contribution in [0.1, 0.15) is 75.7 Å². The molecule has 0 unspecified atom stereocenters. The number of imidazole rings is 1. The van der Waals surface area contributed by atoms with Gasteiger partial charge in [0.15, 0.2) is 5.65 Å². The van der Waals surface area contributed by atoms with Gasteiger partial charge in [-0.25, -0.2) is 23.9 Å². The summed E-state index contributed by atoms with van der Waals surface area (Å²) < 4.78 is 21.7. The summed E-state index contributed by atoms with van der Waals surface area (Å²) in [4.78, 5) is 76.6. The van der Waals surface area contributed by atoms with Crippen molar-refractivity contribution in [3.63, 3.8) is 0 Å². The number of aliphatic hydroxyl groups excluding tert-OH is 1. The molecule has 378 valence electrons. The minimum absolute atomic E-state index is 0.0195. The molecule has 19 heteroatoms. The molecule has 0 spiro atoms. The van der Waals surface area contributed by atoms with Gasteiger partial charge < -0.3 is 40.1 Å². The second-order valence-corrected chi connectivity index (χ2v) is 20.7. The second-order valence-electron chi connectivity index (χ2n) is 19.9. The first kappa shape index (κ1) is 50.1. The van der Waals surface area contributed by atoms with E-state index in [-0.39, 0.29) is 68.7 Å². The number of nitrogens with zero attached hydrogens (tertiary/aromatic N) is 9. The van der Waals surface area contributed by atoms with Crippen molar-refractivity contribution in [1.29, 1.82) is 0 Å². The molecule has 4 amide bonds. The first-order valence-corrected chi connectivity index (χ1v) is 25.6. The Bertz CT molecular complexity index is 2900. The number of nitrogens with one attached hydrogen (secondary N) is 2. The van der Waals surface area contributed by atoms with Gasteiger partial charge in [-0.2, -0.15) is 0 Å². The monoisotopic (exact) mass is 999 g/mol. The first-order chi connectivity index (χ1) is 34.7. The predicted octanol–water partition coefficient (Wildman–Crippen LogP) is 5.96. The van der Waals surface area contributed by atoms with Crippen molar-refractivity contribution in [3.8, 4) is 21.8 Å². The number of pyridine rings is 1. The number of likely N-dealkylation sites (tertiary alicyclic amines) is 1. The summed E-state index contributed by atoms with van der Waals surface area (Å²) in [6, 6.07) is 22.6. The molecule has 0 saturated carbocycles. The molecule has 7 heterocycles. The molecular weight excluding hydrogens is 938 g/mol. The lowest BCUT2D eigenvalue weighted by molar-refractivity contribution is -0.144.